The molecule has 2 atom stereocenters. The third-order valence-corrected chi connectivity index (χ3v) is 6.48. The Morgan fingerprint density at radius 2 is 1.54 bits per heavy atom. The van der Waals surface area contributed by atoms with Gasteiger partial charge in [-0.15, -0.1) is 0 Å². The summed E-state index contributed by atoms with van der Waals surface area (Å²) in [4.78, 5) is 35.8. The van der Waals surface area contributed by atoms with Crippen LogP contribution in [0.2, 0.25) is 0 Å². The van der Waals surface area contributed by atoms with E-state index >= 15 is 0 Å². The van der Waals surface area contributed by atoms with E-state index in [1.807, 2.05) is 38.1 Å². The van der Waals surface area contributed by atoms with E-state index in [0.717, 1.165) is 6.42 Å². The molecule has 1 aliphatic rings. The van der Waals surface area contributed by atoms with Gasteiger partial charge in [-0.1, -0.05) is 61.9 Å². The molecule has 0 saturated heterocycles. The Kier molecular flexibility index (Phi) is 8.54. The van der Waals surface area contributed by atoms with Gasteiger partial charge in [0.15, 0.2) is 0 Å². The van der Waals surface area contributed by atoms with Crippen LogP contribution < -0.4 is 10.6 Å². The third kappa shape index (κ3) is 7.07. The Morgan fingerprint density at radius 3 is 2.11 bits per heavy atom. The first kappa shape index (κ1) is 26.3. The molecule has 3 N–H and O–H groups in total. The maximum atomic E-state index is 12.4. The summed E-state index contributed by atoms with van der Waals surface area (Å²) in [7, 11) is 0. The van der Waals surface area contributed by atoms with Crippen LogP contribution in [-0.2, 0) is 14.3 Å². The number of alkyl carbamates (subject to hydrolysis) is 1. The molecule has 188 valence electrons. The minimum atomic E-state index is -0.948. The van der Waals surface area contributed by atoms with Crippen LogP contribution in [0.4, 0.5) is 4.79 Å². The Hall–Kier alpha value is -3.35. The van der Waals surface area contributed by atoms with E-state index in [0.29, 0.717) is 12.8 Å². The number of rotatable bonds is 11. The van der Waals surface area contributed by atoms with E-state index in [9.17, 15) is 14.4 Å². The minimum Gasteiger partial charge on any atom is -0.481 e. The number of benzene rings is 2. The number of carboxylic acid groups (broad SMARTS) is 1. The zero-order chi connectivity index (χ0) is 25.6. The average molecular weight is 481 g/mol. The van der Waals surface area contributed by atoms with E-state index < -0.39 is 17.6 Å². The number of nitrogens with one attached hydrogen (secondary N) is 2. The lowest BCUT2D eigenvalue weighted by molar-refractivity contribution is -0.139. The molecule has 3 rings (SSSR count). The van der Waals surface area contributed by atoms with Crippen molar-refractivity contribution in [2.75, 3.05) is 6.61 Å². The molecule has 2 aromatic carbocycles. The fourth-order valence-corrected chi connectivity index (χ4v) is 4.65. The van der Waals surface area contributed by atoms with E-state index in [2.05, 4.69) is 34.9 Å². The first-order valence-corrected chi connectivity index (χ1v) is 12.2. The molecule has 0 saturated carbocycles. The van der Waals surface area contributed by atoms with Crippen molar-refractivity contribution in [2.45, 2.75) is 70.9 Å². The monoisotopic (exact) mass is 480 g/mol. The predicted octanol–water partition coefficient (Wildman–Crippen LogP) is 5.09. The van der Waals surface area contributed by atoms with Crippen LogP contribution >= 0.6 is 0 Å². The molecule has 0 fully saturated rings. The van der Waals surface area contributed by atoms with E-state index in [-0.39, 0.29) is 36.8 Å². The number of carbonyl (C=O) groups excluding carboxylic acids is 2. The normalized spacial score (nSPS) is 14.4. The van der Waals surface area contributed by atoms with Crippen LogP contribution in [0.15, 0.2) is 48.5 Å². The zero-order valence-electron chi connectivity index (χ0n) is 21.0. The van der Waals surface area contributed by atoms with Crippen LogP contribution in [0.1, 0.15) is 70.4 Å². The first-order valence-electron chi connectivity index (χ1n) is 12.2. The number of fused-ring (bicyclic) bond motifs is 3. The maximum Gasteiger partial charge on any atom is 0.407 e. The molecule has 35 heavy (non-hydrogen) atoms. The fraction of sp³-hybridized carbons (Fsp3) is 0.464. The van der Waals surface area contributed by atoms with Gasteiger partial charge in [0.25, 0.3) is 0 Å². The van der Waals surface area contributed by atoms with Crippen molar-refractivity contribution in [1.29, 1.82) is 0 Å². The summed E-state index contributed by atoms with van der Waals surface area (Å²) in [6, 6.07) is 16.3. The summed E-state index contributed by atoms with van der Waals surface area (Å²) in [6.45, 7) is 7.42. The Bertz CT molecular complexity index is 1020. The highest BCUT2D eigenvalue weighted by Crippen LogP contribution is 2.44. The molecule has 0 aromatic heterocycles. The summed E-state index contributed by atoms with van der Waals surface area (Å²) in [5, 5.41) is 14.7. The molecule has 2 amide bonds. The molecule has 2 unspecified atom stereocenters. The van der Waals surface area contributed by atoms with Gasteiger partial charge in [-0.25, -0.2) is 4.79 Å². The van der Waals surface area contributed by atoms with Gasteiger partial charge < -0.3 is 20.5 Å². The molecule has 0 spiro atoms. The molecule has 0 aliphatic heterocycles. The minimum absolute atomic E-state index is 0.0215. The quantitative estimate of drug-likeness (QED) is 0.416. The van der Waals surface area contributed by atoms with Crippen LogP contribution in [0.3, 0.4) is 0 Å². The molecule has 0 heterocycles. The number of aliphatic carboxylic acids is 1. The lowest BCUT2D eigenvalue weighted by Gasteiger charge is -2.26. The second-order valence-corrected chi connectivity index (χ2v) is 10.1. The highest BCUT2D eigenvalue weighted by molar-refractivity contribution is 5.80. The number of hydrogen-bond donors (Lipinski definition) is 3. The van der Waals surface area contributed by atoms with Crippen molar-refractivity contribution in [3.8, 4) is 11.1 Å². The average Bonchev–Trinajstić information content (AvgIpc) is 3.10. The summed E-state index contributed by atoms with van der Waals surface area (Å²) in [6.07, 6.45) is 1.53. The van der Waals surface area contributed by atoms with Crippen molar-refractivity contribution in [3.05, 3.63) is 59.7 Å². The summed E-state index contributed by atoms with van der Waals surface area (Å²) >= 11 is 0. The maximum absolute atomic E-state index is 12.4. The molecular weight excluding hydrogens is 444 g/mol. The second-order valence-electron chi connectivity index (χ2n) is 10.1. The second kappa shape index (κ2) is 11.4. The van der Waals surface area contributed by atoms with Crippen LogP contribution in [0, 0.1) is 5.92 Å². The van der Waals surface area contributed by atoms with Crippen LogP contribution in [0.25, 0.3) is 11.1 Å². The van der Waals surface area contributed by atoms with E-state index in [1.165, 1.54) is 22.3 Å². The number of carboxylic acids is 1. The Balaban J connectivity index is 1.41. The number of amides is 2. The van der Waals surface area contributed by atoms with Gasteiger partial charge in [0.1, 0.15) is 6.61 Å². The highest BCUT2D eigenvalue weighted by atomic mass is 16.5. The van der Waals surface area contributed by atoms with Gasteiger partial charge in [0.2, 0.25) is 5.91 Å². The third-order valence-electron chi connectivity index (χ3n) is 6.48. The summed E-state index contributed by atoms with van der Waals surface area (Å²) < 4.78 is 5.60. The van der Waals surface area contributed by atoms with Crippen molar-refractivity contribution >= 4 is 18.0 Å². The molecule has 7 nitrogen and oxygen atoms in total. The molecule has 0 radical (unpaired) electrons. The molecule has 1 aliphatic carbocycles. The number of hydrogen-bond acceptors (Lipinski definition) is 4. The van der Waals surface area contributed by atoms with Crippen molar-refractivity contribution < 1.29 is 24.2 Å². The predicted molar refractivity (Wildman–Crippen MR) is 135 cm³/mol. The lowest BCUT2D eigenvalue weighted by Crippen LogP contribution is -2.47. The zero-order valence-corrected chi connectivity index (χ0v) is 21.0. The van der Waals surface area contributed by atoms with Gasteiger partial charge in [-0.2, -0.15) is 0 Å². The lowest BCUT2D eigenvalue weighted by atomic mass is 9.96. The van der Waals surface area contributed by atoms with Gasteiger partial charge in [-0.3, -0.25) is 9.59 Å². The number of carbonyl (C=O) groups is 3. The van der Waals surface area contributed by atoms with Crippen molar-refractivity contribution in [3.63, 3.8) is 0 Å². The highest BCUT2D eigenvalue weighted by Gasteiger charge is 2.29. The summed E-state index contributed by atoms with van der Waals surface area (Å²) in [5.41, 5.74) is 3.93. The van der Waals surface area contributed by atoms with Gasteiger partial charge in [-0.05, 0) is 55.9 Å². The molecular formula is C28H36N2O5. The van der Waals surface area contributed by atoms with E-state index in [4.69, 9.17) is 9.84 Å². The van der Waals surface area contributed by atoms with Crippen molar-refractivity contribution in [1.82, 2.24) is 10.6 Å². The van der Waals surface area contributed by atoms with Crippen molar-refractivity contribution in [2.24, 2.45) is 5.92 Å². The largest absolute Gasteiger partial charge is 0.481 e. The van der Waals surface area contributed by atoms with Crippen LogP contribution in [0.5, 0.6) is 0 Å². The SMILES string of the molecule is CC(CCCC(C)C(=O)NC(C)(C)CC(=O)O)NC(=O)OCC1c2ccccc2-c2ccccc21. The number of ether oxygens (including phenoxy) is 1. The fourth-order valence-electron chi connectivity index (χ4n) is 4.65. The van der Waals surface area contributed by atoms with Gasteiger partial charge in [0, 0.05) is 23.4 Å². The molecule has 7 heteroatoms. The summed E-state index contributed by atoms with van der Waals surface area (Å²) in [5.74, 6) is -1.33. The standard InChI is InChI=1S/C28H36N2O5/c1-18(26(33)30-28(3,4)16-25(31)32)10-9-11-19(2)29-27(34)35-17-24-22-14-7-5-12-20(22)21-13-6-8-15-23(21)24/h5-8,12-15,18-19,24H,9-11,16-17H2,1-4H3,(H,29,34)(H,30,33)(H,31,32). The topological polar surface area (TPSA) is 105 Å². The van der Waals surface area contributed by atoms with Gasteiger partial charge >= 0.3 is 12.1 Å². The molecule has 2 aromatic rings. The molecule has 0 bridgehead atoms. The van der Waals surface area contributed by atoms with E-state index in [1.54, 1.807) is 13.8 Å². The Morgan fingerprint density at radius 1 is 0.971 bits per heavy atom. The smallest absolute Gasteiger partial charge is 0.407 e. The Labute approximate surface area is 207 Å². The van der Waals surface area contributed by atoms with Crippen LogP contribution in [-0.4, -0.2) is 41.3 Å². The van der Waals surface area contributed by atoms with Gasteiger partial charge in [0.05, 0.1) is 6.42 Å². The first-order chi connectivity index (χ1) is 16.6.